The summed E-state index contributed by atoms with van der Waals surface area (Å²) < 4.78 is 5.59. The van der Waals surface area contributed by atoms with E-state index in [9.17, 15) is 9.59 Å². The van der Waals surface area contributed by atoms with Gasteiger partial charge in [0, 0.05) is 25.2 Å². The van der Waals surface area contributed by atoms with Crippen LogP contribution in [-0.2, 0) is 9.59 Å². The van der Waals surface area contributed by atoms with E-state index in [4.69, 9.17) is 10.5 Å². The van der Waals surface area contributed by atoms with Gasteiger partial charge in [0.25, 0.3) is 0 Å². The number of amides is 2. The molecule has 0 spiro atoms. The van der Waals surface area contributed by atoms with Crippen molar-refractivity contribution in [3.63, 3.8) is 0 Å². The van der Waals surface area contributed by atoms with E-state index in [2.05, 4.69) is 10.6 Å². The fourth-order valence-electron chi connectivity index (χ4n) is 2.34. The maximum Gasteiger partial charge on any atom is 0.227 e. The van der Waals surface area contributed by atoms with Crippen LogP contribution < -0.4 is 21.1 Å². The molecule has 4 N–H and O–H groups in total. The third-order valence-corrected chi connectivity index (χ3v) is 4.04. The second-order valence-electron chi connectivity index (χ2n) is 5.50. The Morgan fingerprint density at radius 1 is 1.26 bits per heavy atom. The lowest BCUT2D eigenvalue weighted by Gasteiger charge is -2.28. The van der Waals surface area contributed by atoms with Crippen LogP contribution in [0.4, 0.5) is 5.69 Å². The van der Waals surface area contributed by atoms with Crippen LogP contribution in [0.2, 0.25) is 0 Å². The first-order chi connectivity index (χ1) is 11.0. The zero-order valence-electron chi connectivity index (χ0n) is 14.1. The first-order valence-electron chi connectivity index (χ1n) is 7.96. The van der Waals surface area contributed by atoms with Crippen molar-refractivity contribution in [3.05, 3.63) is 24.3 Å². The molecule has 0 aromatic heterocycles. The summed E-state index contributed by atoms with van der Waals surface area (Å²) in [6.45, 7) is 6.49. The normalized spacial score (nSPS) is 11.0. The van der Waals surface area contributed by atoms with Crippen molar-refractivity contribution < 1.29 is 14.3 Å². The molecule has 6 nitrogen and oxygen atoms in total. The van der Waals surface area contributed by atoms with Gasteiger partial charge in [-0.3, -0.25) is 9.59 Å². The van der Waals surface area contributed by atoms with Gasteiger partial charge in [-0.25, -0.2) is 0 Å². The van der Waals surface area contributed by atoms with Crippen molar-refractivity contribution in [3.8, 4) is 5.75 Å². The number of nitrogens with two attached hydrogens (primary N) is 1. The maximum absolute atomic E-state index is 12.3. The summed E-state index contributed by atoms with van der Waals surface area (Å²) in [6, 6.07) is 7.13. The highest BCUT2D eigenvalue weighted by Gasteiger charge is 2.32. The summed E-state index contributed by atoms with van der Waals surface area (Å²) in [5, 5.41) is 5.57. The molecule has 2 amide bonds. The summed E-state index contributed by atoms with van der Waals surface area (Å²) in [4.78, 5) is 23.3. The van der Waals surface area contributed by atoms with E-state index in [1.807, 2.05) is 13.8 Å². The molecule has 1 aromatic carbocycles. The van der Waals surface area contributed by atoms with Crippen molar-refractivity contribution in [2.24, 2.45) is 11.1 Å². The molecule has 1 aromatic rings. The van der Waals surface area contributed by atoms with Gasteiger partial charge >= 0.3 is 0 Å². The van der Waals surface area contributed by atoms with E-state index in [0.717, 1.165) is 0 Å². The minimum absolute atomic E-state index is 0.0272. The van der Waals surface area contributed by atoms with Gasteiger partial charge < -0.3 is 21.1 Å². The van der Waals surface area contributed by atoms with Gasteiger partial charge in [0.05, 0.1) is 12.0 Å². The smallest absolute Gasteiger partial charge is 0.227 e. The molecule has 0 aliphatic carbocycles. The molecule has 0 saturated heterocycles. The summed E-state index contributed by atoms with van der Waals surface area (Å²) >= 11 is 0. The van der Waals surface area contributed by atoms with Gasteiger partial charge in [0.1, 0.15) is 12.4 Å². The Balaban J connectivity index is 2.45. The lowest BCUT2D eigenvalue weighted by Crippen LogP contribution is -2.46. The first-order valence-corrected chi connectivity index (χ1v) is 7.96. The molecule has 23 heavy (non-hydrogen) atoms. The van der Waals surface area contributed by atoms with Crippen LogP contribution in [-0.4, -0.2) is 31.5 Å². The maximum atomic E-state index is 12.3. The van der Waals surface area contributed by atoms with Crippen LogP contribution in [0.1, 0.15) is 33.6 Å². The molecule has 6 heteroatoms. The fraction of sp³-hybridized carbons (Fsp3) is 0.529. The summed E-state index contributed by atoms with van der Waals surface area (Å²) in [6.07, 6.45) is 1.43. The van der Waals surface area contributed by atoms with Gasteiger partial charge in [-0.2, -0.15) is 0 Å². The Morgan fingerprint density at radius 3 is 2.52 bits per heavy atom. The predicted molar refractivity (Wildman–Crippen MR) is 91.3 cm³/mol. The Morgan fingerprint density at radius 2 is 1.96 bits per heavy atom. The van der Waals surface area contributed by atoms with Crippen LogP contribution in [0.3, 0.4) is 0 Å². The Kier molecular flexibility index (Phi) is 7.54. The van der Waals surface area contributed by atoms with E-state index < -0.39 is 5.41 Å². The van der Waals surface area contributed by atoms with E-state index in [1.165, 1.54) is 6.92 Å². The molecule has 0 aliphatic rings. The quantitative estimate of drug-likeness (QED) is 0.606. The van der Waals surface area contributed by atoms with Gasteiger partial charge in [-0.15, -0.1) is 0 Å². The summed E-state index contributed by atoms with van der Waals surface area (Å²) in [7, 11) is 0. The number of anilines is 1. The Hall–Kier alpha value is -2.08. The van der Waals surface area contributed by atoms with Crippen molar-refractivity contribution in [1.29, 1.82) is 0 Å². The zero-order valence-corrected chi connectivity index (χ0v) is 14.1. The number of hydrogen-bond acceptors (Lipinski definition) is 4. The van der Waals surface area contributed by atoms with E-state index in [0.29, 0.717) is 44.0 Å². The monoisotopic (exact) mass is 321 g/mol. The molecule has 0 unspecified atom stereocenters. The second-order valence-corrected chi connectivity index (χ2v) is 5.50. The lowest BCUT2D eigenvalue weighted by molar-refractivity contribution is -0.131. The van der Waals surface area contributed by atoms with E-state index in [1.54, 1.807) is 24.3 Å². The molecule has 0 atom stereocenters. The number of hydrogen-bond donors (Lipinski definition) is 3. The van der Waals surface area contributed by atoms with Crippen LogP contribution in [0.25, 0.3) is 0 Å². The molecule has 0 radical (unpaired) electrons. The van der Waals surface area contributed by atoms with Crippen molar-refractivity contribution in [2.45, 2.75) is 33.6 Å². The molecular formula is C17H27N3O3. The number of nitrogens with one attached hydrogen (secondary N) is 2. The number of carbonyl (C=O) groups excluding carboxylic acids is 2. The second kappa shape index (κ2) is 9.15. The van der Waals surface area contributed by atoms with Crippen LogP contribution in [0, 0.1) is 5.41 Å². The van der Waals surface area contributed by atoms with Crippen LogP contribution >= 0.6 is 0 Å². The molecule has 0 aliphatic heterocycles. The standard InChI is InChI=1S/C17H27N3O3/c1-4-17(5-2,12-18)16(22)19-9-10-23-15-8-6-7-14(11-15)20-13(3)21/h6-8,11H,4-5,9-10,12,18H2,1-3H3,(H,19,22)(H,20,21). The molecule has 0 bridgehead atoms. The molecule has 0 saturated carbocycles. The third kappa shape index (κ3) is 5.56. The highest BCUT2D eigenvalue weighted by atomic mass is 16.5. The van der Waals surface area contributed by atoms with Crippen molar-refractivity contribution >= 4 is 17.5 Å². The van der Waals surface area contributed by atoms with Crippen molar-refractivity contribution in [2.75, 3.05) is 25.0 Å². The zero-order chi connectivity index (χ0) is 17.3. The Labute approximate surface area is 137 Å². The summed E-state index contributed by atoms with van der Waals surface area (Å²) in [5.74, 6) is 0.480. The fourth-order valence-corrected chi connectivity index (χ4v) is 2.34. The topological polar surface area (TPSA) is 93.5 Å². The first kappa shape index (κ1) is 19.0. The summed E-state index contributed by atoms with van der Waals surface area (Å²) in [5.41, 5.74) is 5.94. The Bertz CT molecular complexity index is 519. The minimum Gasteiger partial charge on any atom is -0.492 e. The third-order valence-electron chi connectivity index (χ3n) is 4.04. The van der Waals surface area contributed by atoms with Crippen LogP contribution in [0.5, 0.6) is 5.75 Å². The highest BCUT2D eigenvalue weighted by Crippen LogP contribution is 2.24. The predicted octanol–water partition coefficient (Wildman–Crippen LogP) is 1.91. The van der Waals surface area contributed by atoms with E-state index >= 15 is 0 Å². The average Bonchev–Trinajstić information content (AvgIpc) is 2.53. The van der Waals surface area contributed by atoms with Crippen molar-refractivity contribution in [1.82, 2.24) is 5.32 Å². The average molecular weight is 321 g/mol. The van der Waals surface area contributed by atoms with Gasteiger partial charge in [0.2, 0.25) is 11.8 Å². The number of ether oxygens (including phenoxy) is 1. The SMILES string of the molecule is CCC(CC)(CN)C(=O)NCCOc1cccc(NC(C)=O)c1. The molecule has 0 heterocycles. The van der Waals surface area contributed by atoms with Gasteiger partial charge in [0.15, 0.2) is 0 Å². The minimum atomic E-state index is -0.495. The van der Waals surface area contributed by atoms with Gasteiger partial charge in [-0.1, -0.05) is 19.9 Å². The number of benzene rings is 1. The molecule has 0 fully saturated rings. The molecule has 128 valence electrons. The largest absolute Gasteiger partial charge is 0.492 e. The molecule has 1 rings (SSSR count). The number of carbonyl (C=O) groups is 2. The molecular weight excluding hydrogens is 294 g/mol. The van der Waals surface area contributed by atoms with E-state index in [-0.39, 0.29) is 11.8 Å². The number of rotatable bonds is 9. The van der Waals surface area contributed by atoms with Gasteiger partial charge in [-0.05, 0) is 25.0 Å². The highest BCUT2D eigenvalue weighted by molar-refractivity contribution is 5.88. The van der Waals surface area contributed by atoms with Crippen LogP contribution in [0.15, 0.2) is 24.3 Å². The lowest BCUT2D eigenvalue weighted by atomic mass is 9.81.